The molecular formula is C23H21ClN4O. The van der Waals surface area contributed by atoms with Crippen LogP contribution in [0.3, 0.4) is 0 Å². The van der Waals surface area contributed by atoms with Gasteiger partial charge >= 0.3 is 0 Å². The normalized spacial score (nSPS) is 21.0. The topological polar surface area (TPSA) is 67.1 Å². The van der Waals surface area contributed by atoms with Gasteiger partial charge in [-0.05, 0) is 65.9 Å². The number of fused-ring (bicyclic) bond motifs is 1. The molecule has 0 fully saturated rings. The summed E-state index contributed by atoms with van der Waals surface area (Å²) < 4.78 is 5.87. The van der Waals surface area contributed by atoms with Gasteiger partial charge in [-0.1, -0.05) is 35.9 Å². The molecule has 2 aliphatic heterocycles. The third kappa shape index (κ3) is 2.85. The smallest absolute Gasteiger partial charge is 0.204 e. The van der Waals surface area contributed by atoms with E-state index in [0.29, 0.717) is 11.7 Å². The molecule has 0 bridgehead atoms. The van der Waals surface area contributed by atoms with Gasteiger partial charge in [-0.25, -0.2) is 4.99 Å². The van der Waals surface area contributed by atoms with Crippen molar-refractivity contribution in [1.82, 2.24) is 4.90 Å². The van der Waals surface area contributed by atoms with Crippen LogP contribution in [0.1, 0.15) is 23.3 Å². The van der Waals surface area contributed by atoms with Crippen LogP contribution in [0.15, 0.2) is 75.3 Å². The van der Waals surface area contributed by atoms with E-state index in [1.54, 1.807) is 6.26 Å². The van der Waals surface area contributed by atoms with Gasteiger partial charge < -0.3 is 10.2 Å². The van der Waals surface area contributed by atoms with E-state index in [1.807, 2.05) is 42.2 Å². The summed E-state index contributed by atoms with van der Waals surface area (Å²) >= 11 is 6.31. The number of nitrogens with zero attached hydrogens (tertiary/aromatic N) is 3. The molecule has 0 radical (unpaired) electrons. The lowest BCUT2D eigenvalue weighted by molar-refractivity contribution is 0.446. The van der Waals surface area contributed by atoms with E-state index in [9.17, 15) is 0 Å². The minimum atomic E-state index is -0.877. The van der Waals surface area contributed by atoms with Crippen molar-refractivity contribution in [3.05, 3.63) is 82.8 Å². The van der Waals surface area contributed by atoms with E-state index in [4.69, 9.17) is 31.7 Å². The van der Waals surface area contributed by atoms with Gasteiger partial charge in [-0.2, -0.15) is 0 Å². The molecule has 2 N–H and O–H groups in total. The number of aliphatic imine (C=N–C) groups is 2. The lowest BCUT2D eigenvalue weighted by Gasteiger charge is -2.31. The quantitative estimate of drug-likeness (QED) is 0.694. The van der Waals surface area contributed by atoms with Crippen LogP contribution in [0.4, 0.5) is 0 Å². The van der Waals surface area contributed by atoms with Crippen LogP contribution in [0.25, 0.3) is 11.1 Å². The molecule has 3 aromatic rings. The molecule has 1 atom stereocenters. The van der Waals surface area contributed by atoms with Crippen LogP contribution in [0, 0.1) is 6.92 Å². The molecule has 3 heterocycles. The molecule has 2 aliphatic rings. The van der Waals surface area contributed by atoms with Crippen molar-refractivity contribution < 1.29 is 4.42 Å². The maximum Gasteiger partial charge on any atom is 0.204 e. The van der Waals surface area contributed by atoms with Gasteiger partial charge in [0.2, 0.25) is 5.54 Å². The molecule has 29 heavy (non-hydrogen) atoms. The maximum absolute atomic E-state index is 6.33. The minimum Gasteiger partial charge on any atom is -0.466 e. The Labute approximate surface area is 174 Å². The standard InChI is InChI=1S/C23H21ClN4O/c1-15-11-17(14-19(24)12-15)16-5-2-6-18(13-16)23(20-7-3-10-29-20)21-26-8-4-9-28(21)22(25)27-23/h2-3,5-7,10-14H,4,8-9H2,1H3,(H2,25,27). The second kappa shape index (κ2) is 6.78. The van der Waals surface area contributed by atoms with E-state index < -0.39 is 5.54 Å². The van der Waals surface area contributed by atoms with Crippen molar-refractivity contribution in [1.29, 1.82) is 0 Å². The number of hydrogen-bond acceptors (Lipinski definition) is 5. The van der Waals surface area contributed by atoms with Gasteiger partial charge in [0.05, 0.1) is 6.26 Å². The molecule has 0 amide bonds. The first-order valence-electron chi connectivity index (χ1n) is 9.68. The fraction of sp³-hybridized carbons (Fsp3) is 0.217. The zero-order valence-electron chi connectivity index (χ0n) is 16.1. The summed E-state index contributed by atoms with van der Waals surface area (Å²) in [5, 5.41) is 0.720. The van der Waals surface area contributed by atoms with E-state index in [0.717, 1.165) is 52.6 Å². The Morgan fingerprint density at radius 3 is 2.79 bits per heavy atom. The summed E-state index contributed by atoms with van der Waals surface area (Å²) in [6.07, 6.45) is 2.62. The van der Waals surface area contributed by atoms with Gasteiger partial charge in [0, 0.05) is 18.1 Å². The van der Waals surface area contributed by atoms with Crippen molar-refractivity contribution in [2.45, 2.75) is 18.9 Å². The van der Waals surface area contributed by atoms with Crippen molar-refractivity contribution in [2.24, 2.45) is 15.7 Å². The zero-order chi connectivity index (χ0) is 20.0. The number of nitrogens with two attached hydrogens (primary N) is 1. The first kappa shape index (κ1) is 18.0. The summed E-state index contributed by atoms with van der Waals surface area (Å²) in [6.45, 7) is 3.61. The van der Waals surface area contributed by atoms with E-state index in [-0.39, 0.29) is 0 Å². The predicted molar refractivity (Wildman–Crippen MR) is 116 cm³/mol. The SMILES string of the molecule is Cc1cc(Cl)cc(-c2cccc(C3(c4ccco4)N=C(N)N4CCCN=C43)c2)c1. The Morgan fingerprint density at radius 1 is 1.10 bits per heavy atom. The molecule has 1 aromatic heterocycles. The number of amidine groups is 1. The molecule has 0 saturated carbocycles. The Kier molecular flexibility index (Phi) is 4.21. The van der Waals surface area contributed by atoms with Crippen molar-refractivity contribution >= 4 is 23.4 Å². The molecular weight excluding hydrogens is 384 g/mol. The van der Waals surface area contributed by atoms with Crippen LogP contribution in [0.5, 0.6) is 0 Å². The van der Waals surface area contributed by atoms with Crippen LogP contribution in [-0.2, 0) is 5.54 Å². The van der Waals surface area contributed by atoms with Crippen molar-refractivity contribution in [3.63, 3.8) is 0 Å². The van der Waals surface area contributed by atoms with Crippen molar-refractivity contribution in [3.8, 4) is 11.1 Å². The largest absolute Gasteiger partial charge is 0.466 e. The van der Waals surface area contributed by atoms with Gasteiger partial charge in [-0.15, -0.1) is 0 Å². The Morgan fingerprint density at radius 2 is 2.00 bits per heavy atom. The average molecular weight is 405 g/mol. The predicted octanol–water partition coefficient (Wildman–Crippen LogP) is 4.58. The molecule has 1 unspecified atom stereocenters. The summed E-state index contributed by atoms with van der Waals surface area (Å²) in [5.74, 6) is 2.02. The number of aryl methyl sites for hydroxylation is 1. The molecule has 6 heteroatoms. The van der Waals surface area contributed by atoms with Crippen LogP contribution < -0.4 is 5.73 Å². The minimum absolute atomic E-state index is 0.476. The number of benzene rings is 2. The molecule has 2 aromatic carbocycles. The molecule has 0 aliphatic carbocycles. The lowest BCUT2D eigenvalue weighted by atomic mass is 9.84. The number of rotatable bonds is 3. The second-order valence-electron chi connectivity index (χ2n) is 7.47. The highest BCUT2D eigenvalue weighted by molar-refractivity contribution is 6.31. The summed E-state index contributed by atoms with van der Waals surface area (Å²) in [4.78, 5) is 11.7. The van der Waals surface area contributed by atoms with E-state index in [2.05, 4.69) is 24.3 Å². The first-order valence-corrected chi connectivity index (χ1v) is 10.1. The Balaban J connectivity index is 1.72. The Hall–Kier alpha value is -3.05. The summed E-state index contributed by atoms with van der Waals surface area (Å²) in [7, 11) is 0. The molecule has 0 saturated heterocycles. The number of furan rings is 1. The van der Waals surface area contributed by atoms with Crippen LogP contribution in [0.2, 0.25) is 5.02 Å². The van der Waals surface area contributed by atoms with E-state index in [1.165, 1.54) is 0 Å². The molecule has 5 nitrogen and oxygen atoms in total. The fourth-order valence-electron chi connectivity index (χ4n) is 4.23. The molecule has 5 rings (SSSR count). The highest BCUT2D eigenvalue weighted by atomic mass is 35.5. The Bertz CT molecular complexity index is 1120. The van der Waals surface area contributed by atoms with Gasteiger partial charge in [0.25, 0.3) is 0 Å². The van der Waals surface area contributed by atoms with Gasteiger partial charge in [0.1, 0.15) is 11.6 Å². The second-order valence-corrected chi connectivity index (χ2v) is 7.90. The highest BCUT2D eigenvalue weighted by Gasteiger charge is 2.51. The maximum atomic E-state index is 6.33. The van der Waals surface area contributed by atoms with Crippen LogP contribution in [-0.4, -0.2) is 29.8 Å². The highest BCUT2D eigenvalue weighted by Crippen LogP contribution is 2.42. The first-order chi connectivity index (χ1) is 14.1. The number of hydrogen-bond donors (Lipinski definition) is 1. The molecule has 146 valence electrons. The average Bonchev–Trinajstić information content (AvgIpc) is 3.35. The van der Waals surface area contributed by atoms with Gasteiger partial charge in [0.15, 0.2) is 5.96 Å². The number of guanidine groups is 1. The fourth-order valence-corrected chi connectivity index (χ4v) is 4.52. The van der Waals surface area contributed by atoms with Crippen LogP contribution >= 0.6 is 11.6 Å². The van der Waals surface area contributed by atoms with Gasteiger partial charge in [-0.3, -0.25) is 9.89 Å². The van der Waals surface area contributed by atoms with E-state index >= 15 is 0 Å². The third-order valence-electron chi connectivity index (χ3n) is 5.47. The lowest BCUT2D eigenvalue weighted by Crippen LogP contribution is -2.46. The summed E-state index contributed by atoms with van der Waals surface area (Å²) in [6, 6.07) is 18.2. The van der Waals surface area contributed by atoms with Crippen molar-refractivity contribution in [2.75, 3.05) is 13.1 Å². The third-order valence-corrected chi connectivity index (χ3v) is 5.69. The zero-order valence-corrected chi connectivity index (χ0v) is 16.9. The molecule has 0 spiro atoms. The summed E-state index contributed by atoms with van der Waals surface area (Å²) in [5.41, 5.74) is 9.65. The monoisotopic (exact) mass is 404 g/mol. The number of halogens is 1.